The van der Waals surface area contributed by atoms with Gasteiger partial charge in [-0.1, -0.05) is 16.3 Å². The van der Waals surface area contributed by atoms with Crippen LogP contribution in [0.25, 0.3) is 11.0 Å². The standard InChI is InChI=1S/C6H4N3S/c10-9-7-5-3-1-2-4-6(5)8-9/h1-4H. The Morgan fingerprint density at radius 3 is 2.10 bits per heavy atom. The van der Waals surface area contributed by atoms with Crippen molar-refractivity contribution in [3.05, 3.63) is 24.3 Å². The van der Waals surface area contributed by atoms with Gasteiger partial charge in [-0.05, 0) is 12.1 Å². The Bertz CT molecular complexity index is 322. The van der Waals surface area contributed by atoms with Crippen molar-refractivity contribution in [3.8, 4) is 0 Å². The summed E-state index contributed by atoms with van der Waals surface area (Å²) in [6, 6.07) is 7.58. The van der Waals surface area contributed by atoms with Gasteiger partial charge in [-0.15, -0.1) is 10.2 Å². The minimum absolute atomic E-state index is 0.845. The molecule has 0 bridgehead atoms. The second-order valence-electron chi connectivity index (χ2n) is 1.94. The first-order chi connectivity index (χ1) is 4.86. The molecule has 1 heterocycles. The number of rotatable bonds is 0. The van der Waals surface area contributed by atoms with Crippen LogP contribution in [0.3, 0.4) is 0 Å². The van der Waals surface area contributed by atoms with Crippen LogP contribution in [-0.2, 0) is 0 Å². The van der Waals surface area contributed by atoms with Crippen LogP contribution in [0.1, 0.15) is 0 Å². The molecule has 0 saturated heterocycles. The summed E-state index contributed by atoms with van der Waals surface area (Å²) in [5.74, 6) is 0. The molecule has 2 rings (SSSR count). The molecule has 10 heavy (non-hydrogen) atoms. The number of nitrogens with zero attached hydrogens (tertiary/aromatic N) is 3. The van der Waals surface area contributed by atoms with Crippen LogP contribution in [0.5, 0.6) is 0 Å². The van der Waals surface area contributed by atoms with E-state index >= 15 is 0 Å². The molecule has 1 aromatic carbocycles. The monoisotopic (exact) mass is 150 g/mol. The maximum Gasteiger partial charge on any atom is 0.114 e. The van der Waals surface area contributed by atoms with Gasteiger partial charge >= 0.3 is 0 Å². The molecule has 4 heteroatoms. The quantitative estimate of drug-likeness (QED) is 0.568. The Morgan fingerprint density at radius 2 is 1.60 bits per heavy atom. The van der Waals surface area contributed by atoms with Crippen molar-refractivity contribution in [2.24, 2.45) is 0 Å². The number of hydrogen-bond donors (Lipinski definition) is 0. The van der Waals surface area contributed by atoms with Crippen molar-refractivity contribution in [1.82, 2.24) is 14.4 Å². The number of aromatic nitrogens is 3. The molecule has 0 aliphatic carbocycles. The fourth-order valence-corrected chi connectivity index (χ4v) is 1.02. The molecule has 0 spiro atoms. The van der Waals surface area contributed by atoms with Gasteiger partial charge in [0.15, 0.2) is 0 Å². The van der Waals surface area contributed by atoms with Gasteiger partial charge in [0, 0.05) is 0 Å². The van der Waals surface area contributed by atoms with E-state index in [9.17, 15) is 0 Å². The van der Waals surface area contributed by atoms with Gasteiger partial charge in [0.05, 0.1) is 12.8 Å². The van der Waals surface area contributed by atoms with E-state index in [0.29, 0.717) is 0 Å². The lowest BCUT2D eigenvalue weighted by atomic mass is 10.3. The summed E-state index contributed by atoms with van der Waals surface area (Å²) < 4.78 is 1.16. The maximum absolute atomic E-state index is 4.71. The average Bonchev–Trinajstić information content (AvgIpc) is 2.27. The van der Waals surface area contributed by atoms with Gasteiger partial charge in [-0.25, -0.2) is 0 Å². The van der Waals surface area contributed by atoms with Gasteiger partial charge in [-0.2, -0.15) is 0 Å². The van der Waals surface area contributed by atoms with Crippen LogP contribution in [0.4, 0.5) is 0 Å². The van der Waals surface area contributed by atoms with E-state index in [4.69, 9.17) is 12.8 Å². The summed E-state index contributed by atoms with van der Waals surface area (Å²) in [7, 11) is 0. The molecule has 2 aromatic rings. The van der Waals surface area contributed by atoms with E-state index in [0.717, 1.165) is 15.2 Å². The molecule has 0 aliphatic rings. The second-order valence-corrected chi connectivity index (χ2v) is 2.27. The van der Waals surface area contributed by atoms with Gasteiger partial charge < -0.3 is 0 Å². The van der Waals surface area contributed by atoms with E-state index in [1.54, 1.807) is 0 Å². The van der Waals surface area contributed by atoms with E-state index in [1.807, 2.05) is 24.3 Å². The lowest BCUT2D eigenvalue weighted by Gasteiger charge is -1.77. The zero-order chi connectivity index (χ0) is 6.97. The highest BCUT2D eigenvalue weighted by molar-refractivity contribution is 7.78. The summed E-state index contributed by atoms with van der Waals surface area (Å²) in [6.07, 6.45) is 0. The fraction of sp³-hybridized carbons (Fsp3) is 0. The average molecular weight is 150 g/mol. The molecule has 0 unspecified atom stereocenters. The highest BCUT2D eigenvalue weighted by Crippen LogP contribution is 2.06. The predicted octanol–water partition coefficient (Wildman–Crippen LogP) is 1.39. The number of benzene rings is 1. The van der Waals surface area contributed by atoms with Crippen LogP contribution in [0.2, 0.25) is 0 Å². The predicted molar refractivity (Wildman–Crippen MR) is 40.5 cm³/mol. The summed E-state index contributed by atoms with van der Waals surface area (Å²) >= 11 is 4.71. The Kier molecular flexibility index (Phi) is 1.07. The molecule has 1 aromatic heterocycles. The van der Waals surface area contributed by atoms with Crippen LogP contribution in [-0.4, -0.2) is 14.4 Å². The summed E-state index contributed by atoms with van der Waals surface area (Å²) in [6.45, 7) is 0. The minimum Gasteiger partial charge on any atom is -0.137 e. The Balaban J connectivity index is 2.88. The smallest absolute Gasteiger partial charge is 0.114 e. The van der Waals surface area contributed by atoms with Crippen molar-refractivity contribution in [3.63, 3.8) is 0 Å². The highest BCUT2D eigenvalue weighted by atomic mass is 32.1. The largest absolute Gasteiger partial charge is 0.137 e. The molecule has 0 saturated carbocycles. The van der Waals surface area contributed by atoms with Crippen LogP contribution >= 0.6 is 12.8 Å². The molecule has 0 aliphatic heterocycles. The highest BCUT2D eigenvalue weighted by Gasteiger charge is 1.96. The first-order valence-corrected chi connectivity index (χ1v) is 3.22. The molecule has 1 radical (unpaired) electrons. The Labute approximate surface area is 63.2 Å². The van der Waals surface area contributed by atoms with Crippen molar-refractivity contribution < 1.29 is 0 Å². The van der Waals surface area contributed by atoms with E-state index in [1.165, 1.54) is 0 Å². The molecule has 0 amide bonds. The molecule has 49 valence electrons. The zero-order valence-electron chi connectivity index (χ0n) is 5.06. The van der Waals surface area contributed by atoms with Crippen molar-refractivity contribution in [2.45, 2.75) is 0 Å². The van der Waals surface area contributed by atoms with E-state index in [2.05, 4.69) is 10.2 Å². The second kappa shape index (κ2) is 1.91. The Hall–Kier alpha value is -1.16. The third kappa shape index (κ3) is 0.733. The lowest BCUT2D eigenvalue weighted by Crippen LogP contribution is -1.81. The van der Waals surface area contributed by atoms with Crippen molar-refractivity contribution >= 4 is 23.8 Å². The van der Waals surface area contributed by atoms with Crippen LogP contribution in [0.15, 0.2) is 24.3 Å². The van der Waals surface area contributed by atoms with Crippen molar-refractivity contribution in [1.29, 1.82) is 0 Å². The number of fused-ring (bicyclic) bond motifs is 1. The molecule has 0 N–H and O–H groups in total. The normalized spacial score (nSPS) is 10.4. The minimum atomic E-state index is 0.845. The maximum atomic E-state index is 4.71. The van der Waals surface area contributed by atoms with E-state index in [-0.39, 0.29) is 0 Å². The van der Waals surface area contributed by atoms with Gasteiger partial charge in [0.1, 0.15) is 11.0 Å². The van der Waals surface area contributed by atoms with Gasteiger partial charge in [-0.3, -0.25) is 0 Å². The number of hydrogen-bond acceptors (Lipinski definition) is 2. The molecule has 0 fully saturated rings. The SMILES string of the molecule is [S]n1nc2ccccc2n1. The fourth-order valence-electron chi connectivity index (χ4n) is 0.840. The summed E-state index contributed by atoms with van der Waals surface area (Å²) in [5.41, 5.74) is 1.69. The molecule has 0 atom stereocenters. The van der Waals surface area contributed by atoms with E-state index < -0.39 is 0 Å². The summed E-state index contributed by atoms with van der Waals surface area (Å²) in [4.78, 5) is 0. The first kappa shape index (κ1) is 5.61. The zero-order valence-corrected chi connectivity index (χ0v) is 5.88. The molecule has 3 nitrogen and oxygen atoms in total. The molecular formula is C6H4N3S. The summed E-state index contributed by atoms with van der Waals surface area (Å²) in [5, 5.41) is 7.87. The van der Waals surface area contributed by atoms with Crippen LogP contribution in [0, 0.1) is 0 Å². The molecular weight excluding hydrogens is 146 g/mol. The van der Waals surface area contributed by atoms with Gasteiger partial charge in [0.2, 0.25) is 0 Å². The third-order valence-corrected chi connectivity index (χ3v) is 1.43. The third-order valence-electron chi connectivity index (χ3n) is 1.27. The topological polar surface area (TPSA) is 30.7 Å². The van der Waals surface area contributed by atoms with Gasteiger partial charge in [0.25, 0.3) is 0 Å². The Morgan fingerprint density at radius 1 is 1.10 bits per heavy atom. The first-order valence-electron chi connectivity index (χ1n) is 2.86. The van der Waals surface area contributed by atoms with Crippen LogP contribution < -0.4 is 0 Å². The lowest BCUT2D eigenvalue weighted by molar-refractivity contribution is 0.890. The van der Waals surface area contributed by atoms with Crippen molar-refractivity contribution in [2.75, 3.05) is 0 Å².